The molecule has 1 aromatic carbocycles. The van der Waals surface area contributed by atoms with Gasteiger partial charge in [-0.1, -0.05) is 12.1 Å². The topological polar surface area (TPSA) is 86.1 Å². The van der Waals surface area contributed by atoms with Gasteiger partial charge in [-0.25, -0.2) is 4.98 Å². The third-order valence-corrected chi connectivity index (χ3v) is 4.53. The molecule has 0 aliphatic heterocycles. The fraction of sp³-hybridized carbons (Fsp3) is 0.0909. The molecule has 144 valence electrons. The highest BCUT2D eigenvalue weighted by Crippen LogP contribution is 2.22. The number of nitrogens with zero attached hydrogens (tertiary/aromatic N) is 3. The lowest BCUT2D eigenvalue weighted by Crippen LogP contribution is -2.22. The average Bonchev–Trinajstić information content (AvgIpc) is 3.13. The lowest BCUT2D eigenvalue weighted by Gasteiger charge is -2.06. The first-order chi connectivity index (χ1) is 14.2. The van der Waals surface area contributed by atoms with Crippen LogP contribution in [-0.4, -0.2) is 33.3 Å². The highest BCUT2D eigenvalue weighted by atomic mass is 16.5. The standard InChI is InChI=1S/C22H18N4O3/c1-29-17-6-4-15(5-7-17)13-26-14-19(18-3-2-10-24-21(18)26)20(27)22(28)25-16-8-11-23-12-9-16/h2-12,14H,13H2,1H3,(H,23,25,28). The number of nitrogens with one attached hydrogen (secondary N) is 1. The SMILES string of the molecule is COc1ccc(Cn2cc(C(=O)C(=O)Nc3ccncc3)c3cccnc32)cc1. The number of hydrogen-bond donors (Lipinski definition) is 1. The van der Waals surface area contributed by atoms with Crippen LogP contribution in [0, 0.1) is 0 Å². The first-order valence-electron chi connectivity index (χ1n) is 8.98. The molecule has 0 saturated heterocycles. The van der Waals surface area contributed by atoms with Crippen LogP contribution in [-0.2, 0) is 11.3 Å². The van der Waals surface area contributed by atoms with Crippen LogP contribution in [0.4, 0.5) is 5.69 Å². The summed E-state index contributed by atoms with van der Waals surface area (Å²) in [6, 6.07) is 14.4. The van der Waals surface area contributed by atoms with Gasteiger partial charge in [-0.3, -0.25) is 14.6 Å². The Morgan fingerprint density at radius 3 is 2.52 bits per heavy atom. The molecule has 1 N–H and O–H groups in total. The normalized spacial score (nSPS) is 10.7. The van der Waals surface area contributed by atoms with Crippen LogP contribution in [0.5, 0.6) is 5.75 Å². The van der Waals surface area contributed by atoms with E-state index in [1.165, 1.54) is 0 Å². The highest BCUT2D eigenvalue weighted by molar-refractivity contribution is 6.48. The number of hydrogen-bond acceptors (Lipinski definition) is 5. The summed E-state index contributed by atoms with van der Waals surface area (Å²) < 4.78 is 7.05. The van der Waals surface area contributed by atoms with E-state index in [0.29, 0.717) is 28.8 Å². The Hall–Kier alpha value is -4.00. The van der Waals surface area contributed by atoms with Gasteiger partial charge in [0, 0.05) is 42.4 Å². The molecule has 1 amide bonds. The van der Waals surface area contributed by atoms with Crippen LogP contribution in [0.15, 0.2) is 73.3 Å². The zero-order valence-corrected chi connectivity index (χ0v) is 15.7. The van der Waals surface area contributed by atoms with E-state index in [9.17, 15) is 9.59 Å². The van der Waals surface area contributed by atoms with E-state index in [4.69, 9.17) is 4.74 Å². The van der Waals surface area contributed by atoms with Gasteiger partial charge in [0.2, 0.25) is 0 Å². The number of pyridine rings is 2. The number of Topliss-reactive ketones (excluding diaryl/α,β-unsaturated/α-hetero) is 1. The number of methoxy groups -OCH3 is 1. The zero-order chi connectivity index (χ0) is 20.2. The van der Waals surface area contributed by atoms with Crippen molar-refractivity contribution in [2.75, 3.05) is 12.4 Å². The second-order valence-electron chi connectivity index (χ2n) is 6.41. The summed E-state index contributed by atoms with van der Waals surface area (Å²) >= 11 is 0. The summed E-state index contributed by atoms with van der Waals surface area (Å²) in [7, 11) is 1.62. The van der Waals surface area contributed by atoms with Crippen LogP contribution >= 0.6 is 0 Å². The molecule has 4 aromatic rings. The third-order valence-electron chi connectivity index (χ3n) is 4.53. The van der Waals surface area contributed by atoms with Crippen LogP contribution in [0.3, 0.4) is 0 Å². The predicted molar refractivity (Wildman–Crippen MR) is 109 cm³/mol. The number of rotatable bonds is 6. The van der Waals surface area contributed by atoms with E-state index < -0.39 is 11.7 Å². The summed E-state index contributed by atoms with van der Waals surface area (Å²) in [5.41, 5.74) is 2.49. The minimum absolute atomic E-state index is 0.313. The molecule has 0 fully saturated rings. The Bertz CT molecular complexity index is 1170. The maximum absolute atomic E-state index is 12.8. The largest absolute Gasteiger partial charge is 0.497 e. The molecule has 3 heterocycles. The number of carbonyl (C=O) groups is 2. The maximum Gasteiger partial charge on any atom is 0.296 e. The molecule has 0 unspecified atom stereocenters. The van der Waals surface area contributed by atoms with Gasteiger partial charge in [-0.15, -0.1) is 0 Å². The van der Waals surface area contributed by atoms with Gasteiger partial charge < -0.3 is 14.6 Å². The van der Waals surface area contributed by atoms with Crippen molar-refractivity contribution < 1.29 is 14.3 Å². The predicted octanol–water partition coefficient (Wildman–Crippen LogP) is 3.31. The molecule has 0 bridgehead atoms. The van der Waals surface area contributed by atoms with E-state index >= 15 is 0 Å². The summed E-state index contributed by atoms with van der Waals surface area (Å²) in [4.78, 5) is 33.6. The van der Waals surface area contributed by atoms with E-state index in [2.05, 4.69) is 15.3 Å². The first-order valence-corrected chi connectivity index (χ1v) is 8.98. The smallest absolute Gasteiger partial charge is 0.296 e. The highest BCUT2D eigenvalue weighted by Gasteiger charge is 2.22. The second kappa shape index (κ2) is 7.93. The van der Waals surface area contributed by atoms with Gasteiger partial charge in [-0.05, 0) is 42.0 Å². The lowest BCUT2D eigenvalue weighted by molar-refractivity contribution is -0.112. The molecule has 7 nitrogen and oxygen atoms in total. The number of fused-ring (bicyclic) bond motifs is 1. The number of amides is 1. The van der Waals surface area contributed by atoms with E-state index in [0.717, 1.165) is 11.3 Å². The molecule has 0 atom stereocenters. The van der Waals surface area contributed by atoms with E-state index in [-0.39, 0.29) is 0 Å². The zero-order valence-electron chi connectivity index (χ0n) is 15.7. The Morgan fingerprint density at radius 1 is 1.03 bits per heavy atom. The van der Waals surface area contributed by atoms with Gasteiger partial charge >= 0.3 is 0 Å². The molecule has 0 aliphatic carbocycles. The fourth-order valence-electron chi connectivity index (χ4n) is 3.10. The van der Waals surface area contributed by atoms with Gasteiger partial charge in [-0.2, -0.15) is 0 Å². The Balaban J connectivity index is 1.64. The number of benzene rings is 1. The quantitative estimate of drug-likeness (QED) is 0.406. The number of anilines is 1. The summed E-state index contributed by atoms with van der Waals surface area (Å²) in [6.07, 6.45) is 6.43. The van der Waals surface area contributed by atoms with Crippen molar-refractivity contribution >= 4 is 28.4 Å². The molecule has 0 spiro atoms. The number of ether oxygens (including phenoxy) is 1. The van der Waals surface area contributed by atoms with Crippen molar-refractivity contribution in [2.24, 2.45) is 0 Å². The minimum atomic E-state index is -0.705. The third kappa shape index (κ3) is 3.84. The second-order valence-corrected chi connectivity index (χ2v) is 6.41. The van der Waals surface area contributed by atoms with Crippen molar-refractivity contribution in [1.29, 1.82) is 0 Å². The van der Waals surface area contributed by atoms with Crippen molar-refractivity contribution in [3.63, 3.8) is 0 Å². The van der Waals surface area contributed by atoms with Gasteiger partial charge in [0.05, 0.1) is 12.7 Å². The van der Waals surface area contributed by atoms with Gasteiger partial charge in [0.1, 0.15) is 11.4 Å². The molecular formula is C22H18N4O3. The van der Waals surface area contributed by atoms with E-state index in [1.807, 2.05) is 28.8 Å². The van der Waals surface area contributed by atoms with Gasteiger partial charge in [0.15, 0.2) is 0 Å². The van der Waals surface area contributed by atoms with Crippen molar-refractivity contribution in [3.8, 4) is 5.75 Å². The first kappa shape index (κ1) is 18.4. The molecule has 0 aliphatic rings. The van der Waals surface area contributed by atoms with E-state index in [1.54, 1.807) is 56.2 Å². The fourth-order valence-corrected chi connectivity index (χ4v) is 3.10. The monoisotopic (exact) mass is 386 g/mol. The Morgan fingerprint density at radius 2 is 1.79 bits per heavy atom. The average molecular weight is 386 g/mol. The molecule has 4 rings (SSSR count). The lowest BCUT2D eigenvalue weighted by atomic mass is 10.1. The molecule has 0 saturated carbocycles. The minimum Gasteiger partial charge on any atom is -0.497 e. The van der Waals surface area contributed by atoms with Crippen molar-refractivity contribution in [1.82, 2.24) is 14.5 Å². The Kier molecular flexibility index (Phi) is 5.03. The molecule has 7 heteroatoms. The summed E-state index contributed by atoms with van der Waals surface area (Å²) in [5.74, 6) is -0.551. The van der Waals surface area contributed by atoms with Crippen molar-refractivity contribution in [3.05, 3.63) is 84.4 Å². The summed E-state index contributed by atoms with van der Waals surface area (Å²) in [6.45, 7) is 0.511. The maximum atomic E-state index is 12.8. The number of carbonyl (C=O) groups excluding carboxylic acids is 2. The molecule has 0 radical (unpaired) electrons. The van der Waals surface area contributed by atoms with Crippen LogP contribution in [0.1, 0.15) is 15.9 Å². The molecule has 3 aromatic heterocycles. The van der Waals surface area contributed by atoms with Gasteiger partial charge in [0.25, 0.3) is 11.7 Å². The van der Waals surface area contributed by atoms with Crippen molar-refractivity contribution in [2.45, 2.75) is 6.54 Å². The van der Waals surface area contributed by atoms with Crippen LogP contribution < -0.4 is 10.1 Å². The Labute approximate surface area is 167 Å². The number of aromatic nitrogens is 3. The van der Waals surface area contributed by atoms with Crippen LogP contribution in [0.2, 0.25) is 0 Å². The summed E-state index contributed by atoms with van der Waals surface area (Å²) in [5, 5.41) is 3.24. The molecular weight excluding hydrogens is 368 g/mol. The van der Waals surface area contributed by atoms with Crippen LogP contribution in [0.25, 0.3) is 11.0 Å². The number of ketones is 1. The molecule has 29 heavy (non-hydrogen) atoms.